The number of esters is 2. The van der Waals surface area contributed by atoms with Crippen molar-refractivity contribution in [2.45, 2.75) is 124 Å². The number of amides is 2. The van der Waals surface area contributed by atoms with Gasteiger partial charge in [0.1, 0.15) is 28.4 Å². The van der Waals surface area contributed by atoms with E-state index in [4.69, 9.17) is 30.8 Å². The second-order valence-corrected chi connectivity index (χ2v) is 22.5. The SMILES string of the molecule is COC1CCN(S(=O)c2cc(NC(=O)CCCCCCCNC(C)=O)ccc2-c2ccn3ncc(CC(=O)OCOC(=O)C(C)(C)C)c3c2)CC1.Cc1sc2c(c1C)C(c1ccc(Cl)cc1)=NCc1nnc(C)n1-2. The van der Waals surface area contributed by atoms with Crippen molar-refractivity contribution in [3.63, 3.8) is 0 Å². The number of halogens is 1. The number of anilines is 1. The maximum absolute atomic E-state index is 14.2. The molecular weight excluding hydrogens is 1000 g/mol. The fourth-order valence-corrected chi connectivity index (χ4v) is 11.4. The summed E-state index contributed by atoms with van der Waals surface area (Å²) in [5, 5.41) is 20.6. The number of nitrogens with zero attached hydrogens (tertiary/aromatic N) is 7. The quantitative estimate of drug-likeness (QED) is 0.0472. The van der Waals surface area contributed by atoms with Crippen LogP contribution in [0.25, 0.3) is 21.6 Å². The summed E-state index contributed by atoms with van der Waals surface area (Å²) in [6.07, 6.45) is 9.86. The minimum Gasteiger partial charge on any atom is -0.428 e. The molecule has 0 radical (unpaired) electrons. The van der Waals surface area contributed by atoms with Crippen molar-refractivity contribution in [1.29, 1.82) is 0 Å². The third kappa shape index (κ3) is 14.2. The van der Waals surface area contributed by atoms with Crippen LogP contribution in [0.2, 0.25) is 5.02 Å². The molecule has 1 fully saturated rings. The Morgan fingerprint density at radius 1 is 0.905 bits per heavy atom. The lowest BCUT2D eigenvalue weighted by Crippen LogP contribution is -2.37. The Balaban J connectivity index is 0.000000286. The number of carbonyl (C=O) groups is 4. The van der Waals surface area contributed by atoms with E-state index in [0.29, 0.717) is 54.3 Å². The van der Waals surface area contributed by atoms with Gasteiger partial charge >= 0.3 is 11.9 Å². The molecule has 2 amide bonds. The summed E-state index contributed by atoms with van der Waals surface area (Å²) in [5.74, 6) is 0.610. The van der Waals surface area contributed by atoms with E-state index >= 15 is 0 Å². The normalized spacial score (nSPS) is 14.2. The van der Waals surface area contributed by atoms with Crippen LogP contribution in [0.5, 0.6) is 0 Å². The molecule has 394 valence electrons. The Hall–Kier alpha value is -6.12. The maximum atomic E-state index is 14.2. The van der Waals surface area contributed by atoms with Crippen molar-refractivity contribution >= 4 is 74.6 Å². The number of thiophene rings is 1. The molecule has 1 saturated heterocycles. The number of aliphatic imine (C=N–C) groups is 1. The summed E-state index contributed by atoms with van der Waals surface area (Å²) in [4.78, 5) is 55.2. The molecule has 0 bridgehead atoms. The molecule has 1 unspecified atom stereocenters. The Kier molecular flexibility index (Phi) is 19.1. The molecule has 2 aliphatic heterocycles. The Labute approximate surface area is 444 Å². The molecule has 8 rings (SSSR count). The Bertz CT molecular complexity index is 3020. The number of ether oxygens (including phenoxy) is 3. The largest absolute Gasteiger partial charge is 0.428 e. The molecular formula is C54H66ClN9O8S2. The maximum Gasteiger partial charge on any atom is 0.314 e. The molecule has 2 aromatic carbocycles. The van der Waals surface area contributed by atoms with E-state index in [0.717, 1.165) is 89.0 Å². The van der Waals surface area contributed by atoms with Gasteiger partial charge < -0.3 is 24.8 Å². The van der Waals surface area contributed by atoms with Crippen LogP contribution < -0.4 is 10.6 Å². The molecule has 0 spiro atoms. The average Bonchev–Trinajstić information content (AvgIpc) is 4.01. The molecule has 2 N–H and O–H groups in total. The number of pyridine rings is 1. The van der Waals surface area contributed by atoms with Gasteiger partial charge in [-0.25, -0.2) is 13.0 Å². The first-order valence-electron chi connectivity index (χ1n) is 24.9. The summed E-state index contributed by atoms with van der Waals surface area (Å²) in [6.45, 7) is 14.9. The van der Waals surface area contributed by atoms with E-state index < -0.39 is 35.1 Å². The smallest absolute Gasteiger partial charge is 0.314 e. The summed E-state index contributed by atoms with van der Waals surface area (Å²) in [5.41, 5.74) is 7.15. The minimum absolute atomic E-state index is 0.0234. The predicted molar refractivity (Wildman–Crippen MR) is 288 cm³/mol. The van der Waals surface area contributed by atoms with Gasteiger partial charge in [-0.05, 0) is 120 Å². The molecule has 17 nitrogen and oxygen atoms in total. The van der Waals surface area contributed by atoms with E-state index in [1.54, 1.807) is 62.2 Å². The number of fused-ring (bicyclic) bond motifs is 4. The topological polar surface area (TPSA) is 201 Å². The van der Waals surface area contributed by atoms with E-state index in [2.05, 4.69) is 44.3 Å². The fourth-order valence-electron chi connectivity index (χ4n) is 8.58. The Morgan fingerprint density at radius 2 is 1.64 bits per heavy atom. The number of rotatable bonds is 18. The first kappa shape index (κ1) is 55.6. The minimum atomic E-state index is -1.53. The van der Waals surface area contributed by atoms with Crippen LogP contribution in [-0.2, 0) is 57.3 Å². The van der Waals surface area contributed by atoms with Crippen LogP contribution in [0.15, 0.2) is 76.9 Å². The van der Waals surface area contributed by atoms with Crippen LogP contribution >= 0.6 is 22.9 Å². The molecule has 6 aromatic rings. The van der Waals surface area contributed by atoms with Gasteiger partial charge in [-0.2, -0.15) is 5.10 Å². The second kappa shape index (κ2) is 25.4. The number of methoxy groups -OCH3 is 1. The van der Waals surface area contributed by atoms with E-state index in [1.165, 1.54) is 22.9 Å². The molecule has 2 aliphatic rings. The van der Waals surface area contributed by atoms with Gasteiger partial charge in [0, 0.05) is 78.6 Å². The monoisotopic (exact) mass is 1070 g/mol. The molecule has 20 heteroatoms. The van der Waals surface area contributed by atoms with Gasteiger partial charge in [0.2, 0.25) is 18.6 Å². The number of piperidine rings is 1. The number of unbranched alkanes of at least 4 members (excludes halogenated alkanes) is 4. The zero-order chi connectivity index (χ0) is 53.1. The number of nitrogens with one attached hydrogen (secondary N) is 2. The van der Waals surface area contributed by atoms with Crippen molar-refractivity contribution in [1.82, 2.24) is 34.0 Å². The zero-order valence-corrected chi connectivity index (χ0v) is 45.8. The predicted octanol–water partition coefficient (Wildman–Crippen LogP) is 9.44. The molecule has 6 heterocycles. The average molecular weight is 1070 g/mol. The lowest BCUT2D eigenvalue weighted by molar-refractivity contribution is -0.172. The number of aromatic nitrogens is 5. The third-order valence-corrected chi connectivity index (χ3v) is 15.8. The zero-order valence-electron chi connectivity index (χ0n) is 43.4. The summed E-state index contributed by atoms with van der Waals surface area (Å²) in [7, 11) is 0.164. The van der Waals surface area contributed by atoms with Crippen LogP contribution in [0.1, 0.15) is 118 Å². The van der Waals surface area contributed by atoms with E-state index in [1.807, 2.05) is 59.8 Å². The highest BCUT2D eigenvalue weighted by Crippen LogP contribution is 2.37. The van der Waals surface area contributed by atoms with Crippen molar-refractivity contribution in [2.24, 2.45) is 10.4 Å². The van der Waals surface area contributed by atoms with Crippen molar-refractivity contribution in [2.75, 3.05) is 38.9 Å². The number of hydrogen-bond donors (Lipinski definition) is 2. The molecule has 0 saturated carbocycles. The number of benzene rings is 2. The first-order valence-corrected chi connectivity index (χ1v) is 27.2. The van der Waals surface area contributed by atoms with Crippen LogP contribution in [0, 0.1) is 26.2 Å². The molecule has 74 heavy (non-hydrogen) atoms. The van der Waals surface area contributed by atoms with Gasteiger partial charge in [0.25, 0.3) is 0 Å². The lowest BCUT2D eigenvalue weighted by atomic mass is 9.98. The lowest BCUT2D eigenvalue weighted by Gasteiger charge is -2.30. The standard InChI is InChI=1S/C37H51N5O8S.C17H15ClN4S/c1-26(43)38-17-10-8-6-7-9-11-34(44)40-29-12-13-31(33(23-29)51(47)41-18-15-30(48-5)16-19-41)27-14-20-42-32(21-27)28(24-39-42)22-35(45)49-25-50-36(46)37(2,3)4;1-9-10(2)23-17-15(9)16(12-4-6-13(18)7-5-12)19-8-14-21-20-11(3)22(14)17/h12-14,20-21,23-24,30H,6-11,15-19,22,25H2,1-5H3,(H,38,43)(H,40,44);4-7H,8H2,1-3H3. The second-order valence-electron chi connectivity index (χ2n) is 19.4. The molecule has 4 aromatic heterocycles. The van der Waals surface area contributed by atoms with Gasteiger partial charge in [-0.1, -0.05) is 49.1 Å². The number of carbonyl (C=O) groups excluding carboxylic acids is 4. The van der Waals surface area contributed by atoms with Gasteiger partial charge in [0.15, 0.2) is 5.82 Å². The summed E-state index contributed by atoms with van der Waals surface area (Å²) in [6, 6.07) is 17.1. The highest BCUT2D eigenvalue weighted by atomic mass is 35.5. The number of aryl methyl sites for hydroxylation is 2. The van der Waals surface area contributed by atoms with Crippen LogP contribution in [0.3, 0.4) is 0 Å². The van der Waals surface area contributed by atoms with E-state index in [-0.39, 0.29) is 24.3 Å². The molecule has 0 aliphatic carbocycles. The highest BCUT2D eigenvalue weighted by Gasteiger charge is 2.29. The van der Waals surface area contributed by atoms with Crippen LogP contribution in [-0.4, -0.2) is 102 Å². The third-order valence-electron chi connectivity index (χ3n) is 12.8. The summed E-state index contributed by atoms with van der Waals surface area (Å²) < 4.78 is 35.6. The molecule has 1 atom stereocenters. The fraction of sp³-hybridized carbons (Fsp3) is 0.444. The number of hydrogen-bond acceptors (Lipinski definition) is 13. The van der Waals surface area contributed by atoms with Gasteiger partial charge in [-0.15, -0.1) is 21.5 Å². The van der Waals surface area contributed by atoms with Crippen molar-refractivity contribution in [3.05, 3.63) is 111 Å². The Morgan fingerprint density at radius 3 is 2.35 bits per heavy atom. The first-order chi connectivity index (χ1) is 35.4. The van der Waals surface area contributed by atoms with Crippen molar-refractivity contribution < 1.29 is 37.6 Å². The summed E-state index contributed by atoms with van der Waals surface area (Å²) >= 11 is 7.80. The van der Waals surface area contributed by atoms with E-state index in [9.17, 15) is 23.4 Å². The van der Waals surface area contributed by atoms with Crippen LogP contribution in [0.4, 0.5) is 5.69 Å². The van der Waals surface area contributed by atoms with Gasteiger partial charge in [-0.3, -0.25) is 28.7 Å². The van der Waals surface area contributed by atoms with Gasteiger partial charge in [0.05, 0.1) is 40.3 Å². The highest BCUT2D eigenvalue weighted by molar-refractivity contribution is 7.82. The van der Waals surface area contributed by atoms with Crippen molar-refractivity contribution in [3.8, 4) is 16.1 Å².